The molecular weight excluding hydrogens is 286 g/mol. The number of rotatable bonds is 3. The molecule has 0 radical (unpaired) electrons. The molecule has 0 aromatic carbocycles. The van der Waals surface area contributed by atoms with Crippen LogP contribution >= 0.6 is 0 Å². The third-order valence-corrected chi connectivity index (χ3v) is 6.70. The third kappa shape index (κ3) is 2.52. The second kappa shape index (κ2) is 4.56. The summed E-state index contributed by atoms with van der Waals surface area (Å²) in [6.07, 6.45) is 5.18. The molecule has 1 aromatic rings. The molecule has 0 amide bonds. The van der Waals surface area contributed by atoms with Crippen molar-refractivity contribution in [3.8, 4) is 0 Å². The van der Waals surface area contributed by atoms with Crippen LogP contribution in [0, 0.1) is 10.8 Å². The maximum atomic E-state index is 12.9. The molecule has 3 rings (SSSR count). The number of hydrogen-bond donors (Lipinski definition) is 1. The molecule has 1 aliphatic heterocycles. The largest absolute Gasteiger partial charge is 0.332 e. The number of nitrogens with one attached hydrogen (secondary N) is 1. The van der Waals surface area contributed by atoms with E-state index in [1.165, 1.54) is 6.20 Å². The Bertz CT molecular complexity index is 650. The topological polar surface area (TPSA) is 66.1 Å². The van der Waals surface area contributed by atoms with Crippen LogP contribution in [0.25, 0.3) is 0 Å². The predicted molar refractivity (Wildman–Crippen MR) is 81.4 cm³/mol. The van der Waals surface area contributed by atoms with E-state index in [2.05, 4.69) is 30.7 Å². The number of hydrogen-bond acceptors (Lipinski definition) is 3. The van der Waals surface area contributed by atoms with Crippen molar-refractivity contribution in [3.05, 3.63) is 12.0 Å². The van der Waals surface area contributed by atoms with Crippen molar-refractivity contribution in [2.45, 2.75) is 64.4 Å². The van der Waals surface area contributed by atoms with Gasteiger partial charge in [-0.2, -0.15) is 4.31 Å². The first-order valence-electron chi connectivity index (χ1n) is 7.71. The molecular formula is C15H25N3O2S. The van der Waals surface area contributed by atoms with Crippen LogP contribution in [0.3, 0.4) is 0 Å². The Kier molecular flexibility index (Phi) is 3.26. The van der Waals surface area contributed by atoms with Gasteiger partial charge in [-0.15, -0.1) is 0 Å². The van der Waals surface area contributed by atoms with Crippen molar-refractivity contribution >= 4 is 10.0 Å². The molecule has 21 heavy (non-hydrogen) atoms. The molecule has 6 heteroatoms. The van der Waals surface area contributed by atoms with Crippen molar-refractivity contribution in [2.75, 3.05) is 6.54 Å². The second-order valence-electron chi connectivity index (χ2n) is 7.81. The molecule has 1 N–H and O–H groups in total. The number of H-pyrrole nitrogens is 1. The van der Waals surface area contributed by atoms with E-state index in [4.69, 9.17) is 0 Å². The molecule has 0 spiro atoms. The maximum Gasteiger partial charge on any atom is 0.260 e. The number of aromatic nitrogens is 2. The minimum Gasteiger partial charge on any atom is -0.332 e. The standard InChI is InChI=1S/C15H25N3O2S/c1-5-12-16-8-13(17-12)21(19,20)18-10-15(4)7-11(18)6-14(2,3)9-15/h8,11H,5-7,9-10H2,1-4H3,(H,16,17). The summed E-state index contributed by atoms with van der Waals surface area (Å²) in [7, 11) is -3.46. The summed E-state index contributed by atoms with van der Waals surface area (Å²) in [5.74, 6) is 0.724. The molecule has 2 heterocycles. The zero-order chi connectivity index (χ0) is 15.5. The molecule has 118 valence electrons. The summed E-state index contributed by atoms with van der Waals surface area (Å²) in [4.78, 5) is 7.09. The number of nitrogens with zero attached hydrogens (tertiary/aromatic N) is 2. The lowest BCUT2D eigenvalue weighted by Crippen LogP contribution is -2.37. The van der Waals surface area contributed by atoms with Crippen LogP contribution < -0.4 is 0 Å². The van der Waals surface area contributed by atoms with Crippen molar-refractivity contribution in [3.63, 3.8) is 0 Å². The lowest BCUT2D eigenvalue weighted by atomic mass is 9.65. The van der Waals surface area contributed by atoms with E-state index in [0.29, 0.717) is 13.0 Å². The Hall–Kier alpha value is -0.880. The van der Waals surface area contributed by atoms with Gasteiger partial charge in [-0.25, -0.2) is 13.4 Å². The van der Waals surface area contributed by atoms with Crippen molar-refractivity contribution < 1.29 is 8.42 Å². The summed E-state index contributed by atoms with van der Waals surface area (Å²) in [5, 5.41) is 0.244. The molecule has 1 saturated heterocycles. The Balaban J connectivity index is 1.94. The van der Waals surface area contributed by atoms with Gasteiger partial charge in [0.05, 0.1) is 6.20 Å². The van der Waals surface area contributed by atoms with Crippen LogP contribution in [0.15, 0.2) is 11.2 Å². The van der Waals surface area contributed by atoms with Gasteiger partial charge >= 0.3 is 0 Å². The summed E-state index contributed by atoms with van der Waals surface area (Å²) in [6.45, 7) is 9.31. The smallest absolute Gasteiger partial charge is 0.260 e. The van der Waals surface area contributed by atoms with E-state index in [0.717, 1.165) is 25.1 Å². The molecule has 2 unspecified atom stereocenters. The molecule has 5 nitrogen and oxygen atoms in total. The Morgan fingerprint density at radius 1 is 1.38 bits per heavy atom. The van der Waals surface area contributed by atoms with Crippen LogP contribution in [0.4, 0.5) is 0 Å². The first kappa shape index (κ1) is 15.0. The van der Waals surface area contributed by atoms with E-state index < -0.39 is 10.0 Å². The van der Waals surface area contributed by atoms with Gasteiger partial charge < -0.3 is 4.98 Å². The molecule has 2 aliphatic rings. The fourth-order valence-electron chi connectivity index (χ4n) is 4.47. The monoisotopic (exact) mass is 311 g/mol. The van der Waals surface area contributed by atoms with Crippen molar-refractivity contribution in [1.82, 2.24) is 14.3 Å². The normalized spacial score (nSPS) is 32.5. The summed E-state index contributed by atoms with van der Waals surface area (Å²) in [5.41, 5.74) is 0.317. The Labute approximate surface area is 127 Å². The summed E-state index contributed by atoms with van der Waals surface area (Å²) >= 11 is 0. The first-order chi connectivity index (χ1) is 9.65. The van der Waals surface area contributed by atoms with E-state index >= 15 is 0 Å². The Morgan fingerprint density at radius 3 is 2.71 bits per heavy atom. The van der Waals surface area contributed by atoms with Gasteiger partial charge in [0.1, 0.15) is 5.82 Å². The number of imidazole rings is 1. The van der Waals surface area contributed by atoms with Crippen molar-refractivity contribution in [1.29, 1.82) is 0 Å². The van der Waals surface area contributed by atoms with E-state index in [1.807, 2.05) is 6.92 Å². The number of fused-ring (bicyclic) bond motifs is 2. The minimum absolute atomic E-state index is 0.104. The van der Waals surface area contributed by atoms with E-state index in [1.54, 1.807) is 4.31 Å². The van der Waals surface area contributed by atoms with E-state index in [9.17, 15) is 8.42 Å². The summed E-state index contributed by atoms with van der Waals surface area (Å²) in [6, 6.07) is 0.122. The fourth-order valence-corrected chi connectivity index (χ4v) is 6.18. The number of aromatic amines is 1. The lowest BCUT2D eigenvalue weighted by Gasteiger charge is -2.39. The van der Waals surface area contributed by atoms with Gasteiger partial charge in [0, 0.05) is 19.0 Å². The number of sulfonamides is 1. The zero-order valence-electron chi connectivity index (χ0n) is 13.3. The highest BCUT2D eigenvalue weighted by atomic mass is 32.2. The van der Waals surface area contributed by atoms with Gasteiger partial charge in [-0.3, -0.25) is 0 Å². The lowest BCUT2D eigenvalue weighted by molar-refractivity contribution is 0.133. The second-order valence-corrected chi connectivity index (χ2v) is 9.67. The predicted octanol–water partition coefficient (Wildman–Crippen LogP) is 2.56. The fraction of sp³-hybridized carbons (Fsp3) is 0.800. The molecule has 1 aromatic heterocycles. The highest BCUT2D eigenvalue weighted by Gasteiger charge is 2.53. The number of aryl methyl sites for hydroxylation is 1. The van der Waals surface area contributed by atoms with Crippen LogP contribution in [0.5, 0.6) is 0 Å². The molecule has 2 bridgehead atoms. The van der Waals surface area contributed by atoms with Crippen LogP contribution in [0.2, 0.25) is 0 Å². The molecule has 1 aliphatic carbocycles. The van der Waals surface area contributed by atoms with Crippen LogP contribution in [-0.2, 0) is 16.4 Å². The quantitative estimate of drug-likeness (QED) is 0.933. The molecule has 2 atom stereocenters. The highest BCUT2D eigenvalue weighted by molar-refractivity contribution is 7.89. The highest BCUT2D eigenvalue weighted by Crippen LogP contribution is 2.53. The Morgan fingerprint density at radius 2 is 2.10 bits per heavy atom. The van der Waals surface area contributed by atoms with Gasteiger partial charge in [0.25, 0.3) is 10.0 Å². The maximum absolute atomic E-state index is 12.9. The van der Waals surface area contributed by atoms with Gasteiger partial charge in [-0.1, -0.05) is 27.7 Å². The SMILES string of the molecule is CCc1ncc(S(=O)(=O)N2CC3(C)CC2CC(C)(C)C3)[nH]1. The van der Waals surface area contributed by atoms with Crippen LogP contribution in [-0.4, -0.2) is 35.3 Å². The van der Waals surface area contributed by atoms with Crippen LogP contribution in [0.1, 0.15) is 52.8 Å². The average molecular weight is 311 g/mol. The average Bonchev–Trinajstić information content (AvgIpc) is 2.91. The summed E-state index contributed by atoms with van der Waals surface area (Å²) < 4.78 is 27.5. The minimum atomic E-state index is -3.46. The van der Waals surface area contributed by atoms with Gasteiger partial charge in [0.2, 0.25) is 0 Å². The first-order valence-corrected chi connectivity index (χ1v) is 9.15. The molecule has 2 fully saturated rings. The van der Waals surface area contributed by atoms with Gasteiger partial charge in [-0.05, 0) is 30.1 Å². The molecule has 1 saturated carbocycles. The van der Waals surface area contributed by atoms with Crippen molar-refractivity contribution in [2.24, 2.45) is 10.8 Å². The third-order valence-electron chi connectivity index (χ3n) is 4.89. The van der Waals surface area contributed by atoms with Gasteiger partial charge in [0.15, 0.2) is 5.03 Å². The van der Waals surface area contributed by atoms with E-state index in [-0.39, 0.29) is 21.9 Å². The zero-order valence-corrected chi connectivity index (χ0v) is 14.1.